The lowest BCUT2D eigenvalue weighted by Gasteiger charge is -2.43. The molecule has 6 heteroatoms. The largest absolute Gasteiger partial charge is 0.379 e. The molecule has 0 aliphatic carbocycles. The molecule has 0 aromatic carbocycles. The smallest absolute Gasteiger partial charge is 0.274 e. The number of carbonyl (C=O) groups excluding carboxylic acids is 1. The number of hydrogen-bond acceptors (Lipinski definition) is 4. The minimum Gasteiger partial charge on any atom is -0.379 e. The Morgan fingerprint density at radius 3 is 3.00 bits per heavy atom. The number of aromatic nitrogens is 2. The Kier molecular flexibility index (Phi) is 4.49. The minimum atomic E-state index is 0.0481. The molecular weight excluding hydrogens is 280 g/mol. The van der Waals surface area contributed by atoms with Crippen LogP contribution in [0.3, 0.4) is 0 Å². The third-order valence-corrected chi connectivity index (χ3v) is 4.84. The van der Waals surface area contributed by atoms with Gasteiger partial charge in [-0.25, -0.2) is 4.98 Å². The molecule has 122 valence electrons. The summed E-state index contributed by atoms with van der Waals surface area (Å²) in [4.78, 5) is 21.3. The maximum absolute atomic E-state index is 12.7. The standard InChI is InChI=1S/C16H26N4O2/c1-3-19-7-8-22-12-16(10-19)5-4-6-20(11-16)15(21)14-9-18(2)13-17-14/h9,13H,3-8,10-12H2,1-2H3. The summed E-state index contributed by atoms with van der Waals surface area (Å²) in [6.07, 6.45) is 5.65. The highest BCUT2D eigenvalue weighted by atomic mass is 16.5. The Bertz CT molecular complexity index is 530. The number of rotatable bonds is 2. The van der Waals surface area contributed by atoms with Gasteiger partial charge in [0, 0.05) is 44.8 Å². The summed E-state index contributed by atoms with van der Waals surface area (Å²) in [6, 6.07) is 0. The lowest BCUT2D eigenvalue weighted by atomic mass is 9.80. The van der Waals surface area contributed by atoms with Crippen LogP contribution < -0.4 is 0 Å². The van der Waals surface area contributed by atoms with Crippen LogP contribution in [-0.4, -0.2) is 71.2 Å². The highest BCUT2D eigenvalue weighted by Gasteiger charge is 2.40. The van der Waals surface area contributed by atoms with Crippen LogP contribution in [-0.2, 0) is 11.8 Å². The molecule has 1 spiro atoms. The number of piperidine rings is 1. The van der Waals surface area contributed by atoms with Crippen LogP contribution in [0.2, 0.25) is 0 Å². The van der Waals surface area contributed by atoms with E-state index in [1.165, 1.54) is 0 Å². The van der Waals surface area contributed by atoms with E-state index in [4.69, 9.17) is 4.74 Å². The van der Waals surface area contributed by atoms with E-state index in [0.717, 1.165) is 58.8 Å². The van der Waals surface area contributed by atoms with E-state index in [9.17, 15) is 4.79 Å². The molecule has 3 heterocycles. The molecule has 1 aromatic heterocycles. The topological polar surface area (TPSA) is 50.6 Å². The molecule has 0 radical (unpaired) electrons. The van der Waals surface area contributed by atoms with Gasteiger partial charge in [-0.2, -0.15) is 0 Å². The molecule has 2 aliphatic heterocycles. The van der Waals surface area contributed by atoms with Crippen LogP contribution in [0.15, 0.2) is 12.5 Å². The number of imidazole rings is 1. The number of carbonyl (C=O) groups is 1. The Balaban J connectivity index is 1.74. The van der Waals surface area contributed by atoms with E-state index in [-0.39, 0.29) is 11.3 Å². The van der Waals surface area contributed by atoms with Crippen LogP contribution in [0.4, 0.5) is 0 Å². The third kappa shape index (κ3) is 3.17. The monoisotopic (exact) mass is 306 g/mol. The van der Waals surface area contributed by atoms with Crippen molar-refractivity contribution in [3.05, 3.63) is 18.2 Å². The average Bonchev–Trinajstić information content (AvgIpc) is 2.86. The number of likely N-dealkylation sites (tertiary alicyclic amines) is 1. The van der Waals surface area contributed by atoms with Gasteiger partial charge in [-0.15, -0.1) is 0 Å². The number of ether oxygens (including phenoxy) is 1. The summed E-state index contributed by atoms with van der Waals surface area (Å²) in [5.74, 6) is 0.0481. The number of likely N-dealkylation sites (N-methyl/N-ethyl adjacent to an activating group) is 1. The molecule has 22 heavy (non-hydrogen) atoms. The van der Waals surface area contributed by atoms with Crippen molar-refractivity contribution in [3.8, 4) is 0 Å². The molecule has 0 saturated carbocycles. The second-order valence-corrected chi connectivity index (χ2v) is 6.68. The van der Waals surface area contributed by atoms with Gasteiger partial charge in [-0.1, -0.05) is 6.92 Å². The number of hydrogen-bond donors (Lipinski definition) is 0. The van der Waals surface area contributed by atoms with Crippen molar-refractivity contribution >= 4 is 5.91 Å². The van der Waals surface area contributed by atoms with Crippen LogP contribution >= 0.6 is 0 Å². The zero-order valence-corrected chi connectivity index (χ0v) is 13.6. The number of nitrogens with zero attached hydrogens (tertiary/aromatic N) is 4. The quantitative estimate of drug-likeness (QED) is 0.818. The molecule has 2 fully saturated rings. The first kappa shape index (κ1) is 15.5. The van der Waals surface area contributed by atoms with E-state index in [1.54, 1.807) is 12.5 Å². The summed E-state index contributed by atoms with van der Waals surface area (Å²) in [5, 5.41) is 0. The SMILES string of the molecule is CCN1CCOCC2(CCCN(C(=O)c3cn(C)cn3)C2)C1. The Morgan fingerprint density at radius 1 is 1.41 bits per heavy atom. The first-order valence-corrected chi connectivity index (χ1v) is 8.19. The third-order valence-electron chi connectivity index (χ3n) is 4.84. The predicted octanol–water partition coefficient (Wildman–Crippen LogP) is 0.995. The molecule has 1 unspecified atom stereocenters. The zero-order chi connectivity index (χ0) is 15.6. The normalized spacial score (nSPS) is 27.1. The van der Waals surface area contributed by atoms with Crippen LogP contribution in [0, 0.1) is 5.41 Å². The molecule has 6 nitrogen and oxygen atoms in total. The van der Waals surface area contributed by atoms with Gasteiger partial charge in [0.2, 0.25) is 0 Å². The Morgan fingerprint density at radius 2 is 2.27 bits per heavy atom. The molecule has 2 saturated heterocycles. The highest BCUT2D eigenvalue weighted by molar-refractivity contribution is 5.92. The van der Waals surface area contributed by atoms with E-state index in [0.29, 0.717) is 5.69 Å². The summed E-state index contributed by atoms with van der Waals surface area (Å²) >= 11 is 0. The van der Waals surface area contributed by atoms with Crippen molar-refractivity contribution in [1.82, 2.24) is 19.4 Å². The molecule has 1 amide bonds. The number of amides is 1. The van der Waals surface area contributed by atoms with E-state index >= 15 is 0 Å². The van der Waals surface area contributed by atoms with Gasteiger partial charge in [-0.3, -0.25) is 4.79 Å². The van der Waals surface area contributed by atoms with Crippen molar-refractivity contribution < 1.29 is 9.53 Å². The fourth-order valence-corrected chi connectivity index (χ4v) is 3.66. The fourth-order valence-electron chi connectivity index (χ4n) is 3.66. The Labute approximate surface area is 132 Å². The lowest BCUT2D eigenvalue weighted by molar-refractivity contribution is 0.00745. The summed E-state index contributed by atoms with van der Waals surface area (Å²) in [5.41, 5.74) is 0.622. The van der Waals surface area contributed by atoms with E-state index < -0.39 is 0 Å². The van der Waals surface area contributed by atoms with Crippen LogP contribution in [0.1, 0.15) is 30.3 Å². The van der Waals surface area contributed by atoms with Crippen molar-refractivity contribution in [2.45, 2.75) is 19.8 Å². The molecule has 2 aliphatic rings. The highest BCUT2D eigenvalue weighted by Crippen LogP contribution is 2.33. The average molecular weight is 306 g/mol. The molecule has 1 aromatic rings. The maximum Gasteiger partial charge on any atom is 0.274 e. The van der Waals surface area contributed by atoms with E-state index in [1.807, 2.05) is 16.5 Å². The second-order valence-electron chi connectivity index (χ2n) is 6.68. The molecule has 1 atom stereocenters. The first-order chi connectivity index (χ1) is 10.6. The summed E-state index contributed by atoms with van der Waals surface area (Å²) in [6.45, 7) is 8.40. The van der Waals surface area contributed by atoms with Crippen molar-refractivity contribution in [2.75, 3.05) is 45.9 Å². The van der Waals surface area contributed by atoms with Crippen molar-refractivity contribution in [2.24, 2.45) is 12.5 Å². The van der Waals surface area contributed by atoms with Crippen LogP contribution in [0.25, 0.3) is 0 Å². The molecule has 3 rings (SSSR count). The van der Waals surface area contributed by atoms with Crippen molar-refractivity contribution in [1.29, 1.82) is 0 Å². The first-order valence-electron chi connectivity index (χ1n) is 8.19. The zero-order valence-electron chi connectivity index (χ0n) is 13.6. The summed E-state index contributed by atoms with van der Waals surface area (Å²) < 4.78 is 7.68. The maximum atomic E-state index is 12.7. The van der Waals surface area contributed by atoms with Crippen molar-refractivity contribution in [3.63, 3.8) is 0 Å². The van der Waals surface area contributed by atoms with E-state index in [2.05, 4.69) is 16.8 Å². The molecular formula is C16H26N4O2. The summed E-state index contributed by atoms with van der Waals surface area (Å²) in [7, 11) is 1.89. The fraction of sp³-hybridized carbons (Fsp3) is 0.750. The minimum absolute atomic E-state index is 0.0481. The van der Waals surface area contributed by atoms with Gasteiger partial charge in [0.15, 0.2) is 0 Å². The number of aryl methyl sites for hydroxylation is 1. The molecule has 0 N–H and O–H groups in total. The van der Waals surface area contributed by atoms with Gasteiger partial charge in [-0.05, 0) is 19.4 Å². The van der Waals surface area contributed by atoms with Gasteiger partial charge in [0.05, 0.1) is 19.5 Å². The van der Waals surface area contributed by atoms with Gasteiger partial charge >= 0.3 is 0 Å². The predicted molar refractivity (Wildman–Crippen MR) is 83.7 cm³/mol. The second kappa shape index (κ2) is 6.38. The van der Waals surface area contributed by atoms with Gasteiger partial charge < -0.3 is 19.1 Å². The van der Waals surface area contributed by atoms with Gasteiger partial charge in [0.1, 0.15) is 5.69 Å². The van der Waals surface area contributed by atoms with Gasteiger partial charge in [0.25, 0.3) is 5.91 Å². The lowest BCUT2D eigenvalue weighted by Crippen LogP contribution is -2.52. The molecule has 0 bridgehead atoms. The Hall–Kier alpha value is -1.40. The van der Waals surface area contributed by atoms with Crippen LogP contribution in [0.5, 0.6) is 0 Å².